The highest BCUT2D eigenvalue weighted by Gasteiger charge is 2.07. The summed E-state index contributed by atoms with van der Waals surface area (Å²) in [4.78, 5) is 0. The Bertz CT molecular complexity index is 706. The molecule has 2 rings (SSSR count). The minimum absolute atomic E-state index is 1.03. The standard InChI is InChI=1S/C21H23N/c1-16(10-8-9-13-22-4)21-15-20(14-17(2)18(21)3)19-11-6-5-7-12-19/h5-15,22H,1H2,2-4H3/b10-8-,13-9-. The van der Waals surface area contributed by atoms with Gasteiger partial charge in [-0.05, 0) is 65.6 Å². The smallest absolute Gasteiger partial charge is 0.00277 e. The molecule has 0 atom stereocenters. The van der Waals surface area contributed by atoms with Gasteiger partial charge in [0.25, 0.3) is 0 Å². The van der Waals surface area contributed by atoms with E-state index in [-0.39, 0.29) is 0 Å². The first-order chi connectivity index (χ1) is 10.6. The second-order valence-electron chi connectivity index (χ2n) is 5.36. The van der Waals surface area contributed by atoms with E-state index >= 15 is 0 Å². The maximum atomic E-state index is 4.22. The Hall–Kier alpha value is -2.54. The van der Waals surface area contributed by atoms with E-state index in [4.69, 9.17) is 0 Å². The molecule has 0 amide bonds. The monoisotopic (exact) mass is 289 g/mol. The van der Waals surface area contributed by atoms with Crippen LogP contribution in [0.2, 0.25) is 0 Å². The summed E-state index contributed by atoms with van der Waals surface area (Å²) >= 11 is 0. The molecule has 1 nitrogen and oxygen atoms in total. The van der Waals surface area contributed by atoms with Crippen LogP contribution in [0.5, 0.6) is 0 Å². The zero-order valence-corrected chi connectivity index (χ0v) is 13.6. The van der Waals surface area contributed by atoms with Crippen molar-refractivity contribution in [3.8, 4) is 11.1 Å². The highest BCUT2D eigenvalue weighted by molar-refractivity contribution is 5.79. The number of hydrogen-bond acceptors (Lipinski definition) is 1. The molecule has 0 aromatic heterocycles. The topological polar surface area (TPSA) is 12.0 Å². The van der Waals surface area contributed by atoms with Crippen molar-refractivity contribution < 1.29 is 0 Å². The van der Waals surface area contributed by atoms with Crippen LogP contribution in [-0.2, 0) is 0 Å². The Labute approximate surface area is 133 Å². The van der Waals surface area contributed by atoms with Gasteiger partial charge in [0.15, 0.2) is 0 Å². The predicted molar refractivity (Wildman–Crippen MR) is 97.7 cm³/mol. The van der Waals surface area contributed by atoms with Crippen LogP contribution in [0.15, 0.2) is 73.5 Å². The maximum Gasteiger partial charge on any atom is 0.00277 e. The van der Waals surface area contributed by atoms with Crippen molar-refractivity contribution in [2.75, 3.05) is 7.05 Å². The van der Waals surface area contributed by atoms with Gasteiger partial charge in [-0.3, -0.25) is 0 Å². The maximum absolute atomic E-state index is 4.22. The van der Waals surface area contributed by atoms with Gasteiger partial charge in [0, 0.05) is 7.05 Å². The molecule has 0 unspecified atom stereocenters. The van der Waals surface area contributed by atoms with Gasteiger partial charge in [-0.15, -0.1) is 0 Å². The fraction of sp³-hybridized carbons (Fsp3) is 0.143. The summed E-state index contributed by atoms with van der Waals surface area (Å²) in [6.45, 7) is 8.53. The van der Waals surface area contributed by atoms with Crippen LogP contribution in [-0.4, -0.2) is 7.05 Å². The van der Waals surface area contributed by atoms with Crippen LogP contribution in [0.3, 0.4) is 0 Å². The lowest BCUT2D eigenvalue weighted by Crippen LogP contribution is -1.92. The highest BCUT2D eigenvalue weighted by atomic mass is 14.8. The van der Waals surface area contributed by atoms with E-state index in [2.05, 4.69) is 62.1 Å². The van der Waals surface area contributed by atoms with Crippen LogP contribution in [0.1, 0.15) is 16.7 Å². The number of rotatable bonds is 5. The van der Waals surface area contributed by atoms with E-state index in [0.717, 1.165) is 5.57 Å². The third-order valence-electron chi connectivity index (χ3n) is 3.79. The SMILES string of the molecule is C=C(/C=C\C=C/NC)c1cc(-c2ccccc2)cc(C)c1C. The zero-order chi connectivity index (χ0) is 15.9. The van der Waals surface area contributed by atoms with Crippen LogP contribution >= 0.6 is 0 Å². The van der Waals surface area contributed by atoms with Gasteiger partial charge in [-0.1, -0.05) is 55.1 Å². The molecule has 1 N–H and O–H groups in total. The number of allylic oxidation sites excluding steroid dienone is 4. The van der Waals surface area contributed by atoms with Crippen molar-refractivity contribution in [2.24, 2.45) is 0 Å². The molecule has 0 aliphatic heterocycles. The summed E-state index contributed by atoms with van der Waals surface area (Å²) in [5, 5.41) is 2.97. The van der Waals surface area contributed by atoms with Crippen LogP contribution in [0.25, 0.3) is 16.7 Å². The molecule has 2 aromatic carbocycles. The van der Waals surface area contributed by atoms with Crippen molar-refractivity contribution >= 4 is 5.57 Å². The number of aryl methyl sites for hydroxylation is 1. The molecule has 0 fully saturated rings. The van der Waals surface area contributed by atoms with E-state index in [1.54, 1.807) is 0 Å². The Morgan fingerprint density at radius 1 is 1.00 bits per heavy atom. The normalized spacial score (nSPS) is 11.2. The van der Waals surface area contributed by atoms with Gasteiger partial charge >= 0.3 is 0 Å². The summed E-state index contributed by atoms with van der Waals surface area (Å²) in [6, 6.07) is 14.9. The number of benzene rings is 2. The summed E-state index contributed by atoms with van der Waals surface area (Å²) in [5.74, 6) is 0. The summed E-state index contributed by atoms with van der Waals surface area (Å²) in [5.41, 5.74) is 7.27. The van der Waals surface area contributed by atoms with Gasteiger partial charge in [0.2, 0.25) is 0 Å². The minimum atomic E-state index is 1.03. The number of nitrogens with one attached hydrogen (secondary N) is 1. The lowest BCUT2D eigenvalue weighted by Gasteiger charge is -2.13. The second kappa shape index (κ2) is 7.46. The Balaban J connectivity index is 2.39. The Morgan fingerprint density at radius 3 is 2.41 bits per heavy atom. The van der Waals surface area contributed by atoms with E-state index in [9.17, 15) is 0 Å². The molecule has 0 heterocycles. The largest absolute Gasteiger partial charge is 0.394 e. The molecule has 0 radical (unpaired) electrons. The molecule has 0 aliphatic carbocycles. The third-order valence-corrected chi connectivity index (χ3v) is 3.79. The molecule has 2 aromatic rings. The van der Waals surface area contributed by atoms with Gasteiger partial charge < -0.3 is 5.32 Å². The van der Waals surface area contributed by atoms with Crippen LogP contribution in [0, 0.1) is 13.8 Å². The lowest BCUT2D eigenvalue weighted by molar-refractivity contribution is 1.10. The molecule has 1 heteroatoms. The van der Waals surface area contributed by atoms with Crippen molar-refractivity contribution in [3.63, 3.8) is 0 Å². The van der Waals surface area contributed by atoms with Gasteiger partial charge in [0.05, 0.1) is 0 Å². The van der Waals surface area contributed by atoms with Crippen molar-refractivity contribution in [2.45, 2.75) is 13.8 Å². The molecular weight excluding hydrogens is 266 g/mol. The summed E-state index contributed by atoms with van der Waals surface area (Å²) in [6.07, 6.45) is 7.91. The van der Waals surface area contributed by atoms with E-state index in [1.165, 1.54) is 27.8 Å². The van der Waals surface area contributed by atoms with Crippen molar-refractivity contribution in [3.05, 3.63) is 90.2 Å². The van der Waals surface area contributed by atoms with Gasteiger partial charge in [-0.2, -0.15) is 0 Å². The fourth-order valence-corrected chi connectivity index (χ4v) is 2.40. The van der Waals surface area contributed by atoms with E-state index < -0.39 is 0 Å². The molecule has 0 aliphatic rings. The first-order valence-corrected chi connectivity index (χ1v) is 7.50. The average molecular weight is 289 g/mol. The predicted octanol–water partition coefficient (Wildman–Crippen LogP) is 5.27. The van der Waals surface area contributed by atoms with Crippen molar-refractivity contribution in [1.29, 1.82) is 0 Å². The minimum Gasteiger partial charge on any atom is -0.394 e. The highest BCUT2D eigenvalue weighted by Crippen LogP contribution is 2.29. The zero-order valence-electron chi connectivity index (χ0n) is 13.6. The lowest BCUT2D eigenvalue weighted by atomic mass is 9.92. The first kappa shape index (κ1) is 15.8. The van der Waals surface area contributed by atoms with Crippen LogP contribution in [0.4, 0.5) is 0 Å². The quantitative estimate of drug-likeness (QED) is 0.739. The molecule has 0 saturated carbocycles. The Kier molecular flexibility index (Phi) is 5.37. The Morgan fingerprint density at radius 2 is 1.73 bits per heavy atom. The van der Waals surface area contributed by atoms with E-state index in [0.29, 0.717) is 0 Å². The molecular formula is C21H23N. The van der Waals surface area contributed by atoms with Crippen LogP contribution < -0.4 is 5.32 Å². The second-order valence-corrected chi connectivity index (χ2v) is 5.36. The summed E-state index contributed by atoms with van der Waals surface area (Å²) in [7, 11) is 1.88. The van der Waals surface area contributed by atoms with Crippen molar-refractivity contribution in [1.82, 2.24) is 5.32 Å². The average Bonchev–Trinajstić information content (AvgIpc) is 2.54. The summed E-state index contributed by atoms with van der Waals surface area (Å²) < 4.78 is 0. The van der Waals surface area contributed by atoms with Gasteiger partial charge in [-0.25, -0.2) is 0 Å². The number of hydrogen-bond donors (Lipinski definition) is 1. The molecule has 0 spiro atoms. The first-order valence-electron chi connectivity index (χ1n) is 7.50. The van der Waals surface area contributed by atoms with E-state index in [1.807, 2.05) is 37.5 Å². The molecule has 0 bridgehead atoms. The fourth-order valence-electron chi connectivity index (χ4n) is 2.40. The van der Waals surface area contributed by atoms with Gasteiger partial charge in [0.1, 0.15) is 0 Å². The molecule has 22 heavy (non-hydrogen) atoms. The molecule has 112 valence electrons. The molecule has 0 saturated heterocycles. The third kappa shape index (κ3) is 3.76.